The molecule has 5 nitrogen and oxygen atoms in total. The van der Waals surface area contributed by atoms with E-state index in [2.05, 4.69) is 27.2 Å². The highest BCUT2D eigenvalue weighted by atomic mass is 35.5. The fraction of sp³-hybridized carbons (Fsp3) is 0.357. The van der Waals surface area contributed by atoms with Gasteiger partial charge in [0.2, 0.25) is 0 Å². The number of pyridine rings is 1. The van der Waals surface area contributed by atoms with Crippen LogP contribution in [0.3, 0.4) is 0 Å². The molecular weight excluding hydrogens is 306 g/mol. The van der Waals surface area contributed by atoms with Gasteiger partial charge < -0.3 is 11.1 Å². The van der Waals surface area contributed by atoms with E-state index in [0.29, 0.717) is 23.2 Å². The Morgan fingerprint density at radius 3 is 2.90 bits per heavy atom. The van der Waals surface area contributed by atoms with Crippen molar-refractivity contribution in [2.75, 3.05) is 16.8 Å². The maximum Gasteiger partial charge on any atom is 0.191 e. The lowest BCUT2D eigenvalue weighted by Gasteiger charge is -2.11. The van der Waals surface area contributed by atoms with E-state index in [1.807, 2.05) is 19.1 Å². The summed E-state index contributed by atoms with van der Waals surface area (Å²) >= 11 is 7.63. The van der Waals surface area contributed by atoms with Gasteiger partial charge in [-0.3, -0.25) is 4.98 Å². The van der Waals surface area contributed by atoms with E-state index in [4.69, 9.17) is 17.3 Å². The molecule has 0 aliphatic heterocycles. The fourth-order valence-electron chi connectivity index (χ4n) is 1.72. The van der Waals surface area contributed by atoms with Crippen LogP contribution in [0.15, 0.2) is 23.5 Å². The quantitative estimate of drug-likeness (QED) is 0.481. The largest absolute Gasteiger partial charge is 0.393 e. The van der Waals surface area contributed by atoms with Crippen LogP contribution >= 0.6 is 23.4 Å². The molecule has 2 heterocycles. The van der Waals surface area contributed by atoms with E-state index in [1.54, 1.807) is 18.0 Å². The lowest BCUT2D eigenvalue weighted by Crippen LogP contribution is -2.07. The number of anilines is 2. The molecule has 0 saturated carbocycles. The highest BCUT2D eigenvalue weighted by Gasteiger charge is 2.10. The number of nitrogen functional groups attached to an aromatic ring is 1. The molecule has 0 fully saturated rings. The maximum atomic E-state index is 6.07. The molecule has 0 unspecified atom stereocenters. The Bertz CT molecular complexity index is 620. The molecule has 0 amide bonds. The predicted molar refractivity (Wildman–Crippen MR) is 88.8 cm³/mol. The van der Waals surface area contributed by atoms with Crippen LogP contribution in [0.1, 0.15) is 24.6 Å². The van der Waals surface area contributed by atoms with E-state index in [0.717, 1.165) is 23.4 Å². The van der Waals surface area contributed by atoms with Crippen LogP contribution in [-0.4, -0.2) is 20.7 Å². The standard InChI is InChI=1S/C14H18ClN5S/c1-3-6-21-14-19-12(15)11(16)13(20-14)18-8-10-4-5-17-9(2)7-10/h4-5,7H,3,6,8,16H2,1-2H3,(H,18,19,20). The number of aromatic nitrogens is 3. The molecule has 2 aromatic rings. The zero-order chi connectivity index (χ0) is 15.2. The van der Waals surface area contributed by atoms with Crippen LogP contribution in [0.25, 0.3) is 0 Å². The summed E-state index contributed by atoms with van der Waals surface area (Å²) in [6.07, 6.45) is 2.83. The zero-order valence-corrected chi connectivity index (χ0v) is 13.6. The monoisotopic (exact) mass is 323 g/mol. The second kappa shape index (κ2) is 7.47. The molecular formula is C14H18ClN5S. The summed E-state index contributed by atoms with van der Waals surface area (Å²) in [5, 5.41) is 4.14. The third-order valence-corrected chi connectivity index (χ3v) is 4.08. The topological polar surface area (TPSA) is 76.7 Å². The lowest BCUT2D eigenvalue weighted by atomic mass is 10.2. The van der Waals surface area contributed by atoms with Crippen LogP contribution in [-0.2, 0) is 6.54 Å². The molecule has 0 saturated heterocycles. The molecule has 0 aliphatic carbocycles. The molecule has 0 aliphatic rings. The summed E-state index contributed by atoms with van der Waals surface area (Å²) in [5.41, 5.74) is 8.40. The van der Waals surface area contributed by atoms with Gasteiger partial charge in [-0.15, -0.1) is 0 Å². The third kappa shape index (κ3) is 4.47. The fourth-order valence-corrected chi connectivity index (χ4v) is 2.63. The lowest BCUT2D eigenvalue weighted by molar-refractivity contribution is 0.952. The highest BCUT2D eigenvalue weighted by molar-refractivity contribution is 7.99. The van der Waals surface area contributed by atoms with Gasteiger partial charge in [-0.05, 0) is 31.0 Å². The van der Waals surface area contributed by atoms with Crippen molar-refractivity contribution < 1.29 is 0 Å². The minimum atomic E-state index is 0.289. The van der Waals surface area contributed by atoms with Gasteiger partial charge >= 0.3 is 0 Å². The molecule has 2 aromatic heterocycles. The van der Waals surface area contributed by atoms with Gasteiger partial charge in [-0.25, -0.2) is 9.97 Å². The highest BCUT2D eigenvalue weighted by Crippen LogP contribution is 2.27. The summed E-state index contributed by atoms with van der Waals surface area (Å²) in [7, 11) is 0. The van der Waals surface area contributed by atoms with Crippen LogP contribution in [0.5, 0.6) is 0 Å². The number of aryl methyl sites for hydroxylation is 1. The van der Waals surface area contributed by atoms with Crippen molar-refractivity contribution in [3.8, 4) is 0 Å². The second-order valence-electron chi connectivity index (χ2n) is 4.57. The molecule has 112 valence electrons. The Morgan fingerprint density at radius 1 is 1.38 bits per heavy atom. The molecule has 3 N–H and O–H groups in total. The van der Waals surface area contributed by atoms with Crippen molar-refractivity contribution in [1.82, 2.24) is 15.0 Å². The minimum Gasteiger partial charge on any atom is -0.393 e. The zero-order valence-electron chi connectivity index (χ0n) is 12.1. The first-order valence-corrected chi connectivity index (χ1v) is 8.07. The SMILES string of the molecule is CCCSc1nc(Cl)c(N)c(NCc2ccnc(C)c2)n1. The molecule has 0 aromatic carbocycles. The molecule has 0 spiro atoms. The number of rotatable bonds is 6. The Kier molecular flexibility index (Phi) is 5.64. The first-order chi connectivity index (χ1) is 10.1. The molecule has 0 atom stereocenters. The van der Waals surface area contributed by atoms with Crippen molar-refractivity contribution >= 4 is 34.9 Å². The van der Waals surface area contributed by atoms with Gasteiger partial charge in [0.1, 0.15) is 5.69 Å². The second-order valence-corrected chi connectivity index (χ2v) is 5.99. The average Bonchev–Trinajstić information content (AvgIpc) is 2.47. The minimum absolute atomic E-state index is 0.289. The van der Waals surface area contributed by atoms with Gasteiger partial charge in [0.25, 0.3) is 0 Å². The molecule has 7 heteroatoms. The number of nitrogens with two attached hydrogens (primary N) is 1. The van der Waals surface area contributed by atoms with Crippen molar-refractivity contribution in [1.29, 1.82) is 0 Å². The Balaban J connectivity index is 2.13. The number of hydrogen-bond donors (Lipinski definition) is 2. The Morgan fingerprint density at radius 2 is 2.19 bits per heavy atom. The third-order valence-electron chi connectivity index (χ3n) is 2.73. The number of nitrogens with one attached hydrogen (secondary N) is 1. The number of thioether (sulfide) groups is 1. The normalized spacial score (nSPS) is 10.6. The van der Waals surface area contributed by atoms with Crippen LogP contribution in [0.4, 0.5) is 11.5 Å². The first-order valence-electron chi connectivity index (χ1n) is 6.71. The van der Waals surface area contributed by atoms with Gasteiger partial charge in [-0.2, -0.15) is 0 Å². The van der Waals surface area contributed by atoms with Crippen molar-refractivity contribution in [2.24, 2.45) is 0 Å². The summed E-state index contributed by atoms with van der Waals surface area (Å²) < 4.78 is 0. The predicted octanol–water partition coefficient (Wildman–Crippen LogP) is 3.53. The van der Waals surface area contributed by atoms with Crippen LogP contribution < -0.4 is 11.1 Å². The van der Waals surface area contributed by atoms with E-state index < -0.39 is 0 Å². The van der Waals surface area contributed by atoms with Crippen LogP contribution in [0.2, 0.25) is 5.15 Å². The van der Waals surface area contributed by atoms with E-state index in [9.17, 15) is 0 Å². The van der Waals surface area contributed by atoms with E-state index in [-0.39, 0.29) is 5.15 Å². The van der Waals surface area contributed by atoms with E-state index >= 15 is 0 Å². The van der Waals surface area contributed by atoms with Crippen molar-refractivity contribution in [3.05, 3.63) is 34.7 Å². The van der Waals surface area contributed by atoms with Gasteiger partial charge in [-0.1, -0.05) is 30.3 Å². The van der Waals surface area contributed by atoms with Gasteiger partial charge in [0.15, 0.2) is 16.1 Å². The smallest absolute Gasteiger partial charge is 0.191 e. The maximum absolute atomic E-state index is 6.07. The van der Waals surface area contributed by atoms with Crippen LogP contribution in [0, 0.1) is 6.92 Å². The van der Waals surface area contributed by atoms with Crippen molar-refractivity contribution in [3.63, 3.8) is 0 Å². The molecule has 2 rings (SSSR count). The number of hydrogen-bond acceptors (Lipinski definition) is 6. The Hall–Kier alpha value is -1.53. The number of nitrogens with zero attached hydrogens (tertiary/aromatic N) is 3. The summed E-state index contributed by atoms with van der Waals surface area (Å²) in [5.74, 6) is 1.52. The molecule has 0 bridgehead atoms. The summed E-state index contributed by atoms with van der Waals surface area (Å²) in [6.45, 7) is 4.68. The van der Waals surface area contributed by atoms with Crippen molar-refractivity contribution in [2.45, 2.75) is 32.0 Å². The van der Waals surface area contributed by atoms with Gasteiger partial charge in [0.05, 0.1) is 0 Å². The summed E-state index contributed by atoms with van der Waals surface area (Å²) in [6, 6.07) is 3.96. The summed E-state index contributed by atoms with van der Waals surface area (Å²) in [4.78, 5) is 12.8. The van der Waals surface area contributed by atoms with Gasteiger partial charge in [0, 0.05) is 24.2 Å². The molecule has 21 heavy (non-hydrogen) atoms. The number of halogens is 1. The average molecular weight is 324 g/mol. The Labute approximate surface area is 133 Å². The van der Waals surface area contributed by atoms with E-state index in [1.165, 1.54) is 0 Å². The first kappa shape index (κ1) is 15.9. The molecule has 0 radical (unpaired) electrons.